The lowest BCUT2D eigenvalue weighted by atomic mass is 10.2. The SMILES string of the molecule is CCCCP(CCCC)(CCCC)=NC(=O)c1ccccc1. The fraction of sp³-hybridized carbons (Fsp3) is 0.632. The van der Waals surface area contributed by atoms with Crippen molar-refractivity contribution >= 4 is 13.0 Å². The number of unbranched alkanes of at least 4 members (excludes halogenated alkanes) is 3. The molecule has 0 heterocycles. The van der Waals surface area contributed by atoms with E-state index < -0.39 is 7.05 Å². The highest BCUT2D eigenvalue weighted by atomic mass is 31.2. The molecule has 0 N–H and O–H groups in total. The number of hydrogen-bond donors (Lipinski definition) is 0. The quantitative estimate of drug-likeness (QED) is 0.457. The molecule has 0 atom stereocenters. The Morgan fingerprint density at radius 2 is 1.32 bits per heavy atom. The Kier molecular flexibility index (Phi) is 9.39. The second kappa shape index (κ2) is 10.8. The van der Waals surface area contributed by atoms with Crippen LogP contribution < -0.4 is 0 Å². The number of nitrogens with zero attached hydrogens (tertiary/aromatic N) is 1. The fourth-order valence-corrected chi connectivity index (χ4v) is 6.86. The summed E-state index contributed by atoms with van der Waals surface area (Å²) in [5.74, 6) is 0.0113. The second-order valence-electron chi connectivity index (χ2n) is 6.10. The van der Waals surface area contributed by atoms with Gasteiger partial charge in [-0.3, -0.25) is 4.79 Å². The van der Waals surface area contributed by atoms with Crippen LogP contribution in [0.3, 0.4) is 0 Å². The van der Waals surface area contributed by atoms with Crippen LogP contribution in [0.5, 0.6) is 0 Å². The smallest absolute Gasteiger partial charge is 0.267 e. The third-order valence-corrected chi connectivity index (χ3v) is 8.16. The molecule has 1 aromatic rings. The Morgan fingerprint density at radius 1 is 0.864 bits per heavy atom. The number of carbonyl (C=O) groups is 1. The van der Waals surface area contributed by atoms with Gasteiger partial charge in [0.2, 0.25) is 0 Å². The normalized spacial score (nSPS) is 11.4. The molecule has 0 fully saturated rings. The van der Waals surface area contributed by atoms with Gasteiger partial charge in [0.1, 0.15) is 0 Å². The van der Waals surface area contributed by atoms with Crippen molar-refractivity contribution in [3.8, 4) is 0 Å². The number of rotatable bonds is 10. The molecule has 0 aliphatic rings. The predicted molar refractivity (Wildman–Crippen MR) is 99.4 cm³/mol. The highest BCUT2D eigenvalue weighted by Gasteiger charge is 2.20. The molecule has 0 saturated heterocycles. The number of hydrogen-bond acceptors (Lipinski definition) is 1. The van der Waals surface area contributed by atoms with E-state index in [0.717, 1.165) is 24.0 Å². The Morgan fingerprint density at radius 3 is 1.73 bits per heavy atom. The summed E-state index contributed by atoms with van der Waals surface area (Å²) in [5.41, 5.74) is 0.747. The number of benzene rings is 1. The summed E-state index contributed by atoms with van der Waals surface area (Å²) in [6, 6.07) is 9.57. The van der Waals surface area contributed by atoms with Crippen LogP contribution in [0.1, 0.15) is 69.7 Å². The van der Waals surface area contributed by atoms with Gasteiger partial charge in [0.15, 0.2) is 0 Å². The molecule has 0 radical (unpaired) electrons. The van der Waals surface area contributed by atoms with E-state index in [9.17, 15) is 4.79 Å². The monoisotopic (exact) mass is 321 g/mol. The summed E-state index contributed by atoms with van der Waals surface area (Å²) in [6.07, 6.45) is 10.6. The highest BCUT2D eigenvalue weighted by Crippen LogP contribution is 2.52. The van der Waals surface area contributed by atoms with Gasteiger partial charge in [-0.1, -0.05) is 58.2 Å². The van der Waals surface area contributed by atoms with Gasteiger partial charge in [0.05, 0.1) is 0 Å². The molecule has 0 aromatic heterocycles. The molecule has 0 saturated carbocycles. The van der Waals surface area contributed by atoms with Crippen molar-refractivity contribution in [1.29, 1.82) is 0 Å². The van der Waals surface area contributed by atoms with Gasteiger partial charge in [-0.05, 0) is 56.9 Å². The van der Waals surface area contributed by atoms with Crippen molar-refractivity contribution in [2.24, 2.45) is 4.74 Å². The summed E-state index contributed by atoms with van der Waals surface area (Å²) in [5, 5.41) is 0. The summed E-state index contributed by atoms with van der Waals surface area (Å²) in [7, 11) is -1.49. The first-order valence-corrected chi connectivity index (χ1v) is 11.2. The van der Waals surface area contributed by atoms with Crippen LogP contribution in [0.2, 0.25) is 0 Å². The van der Waals surface area contributed by atoms with Gasteiger partial charge in [0.25, 0.3) is 5.91 Å². The molecule has 1 amide bonds. The fourth-order valence-electron chi connectivity index (χ4n) is 2.67. The summed E-state index contributed by atoms with van der Waals surface area (Å²) in [4.78, 5) is 12.6. The van der Waals surface area contributed by atoms with E-state index in [1.54, 1.807) is 0 Å². The average molecular weight is 321 g/mol. The first-order chi connectivity index (χ1) is 10.7. The van der Waals surface area contributed by atoms with Crippen LogP contribution >= 0.6 is 7.05 Å². The minimum absolute atomic E-state index is 0.0113. The van der Waals surface area contributed by atoms with Gasteiger partial charge in [-0.2, -0.15) is 0 Å². The van der Waals surface area contributed by atoms with E-state index in [-0.39, 0.29) is 5.91 Å². The maximum atomic E-state index is 12.6. The molecule has 0 aliphatic carbocycles. The lowest BCUT2D eigenvalue weighted by Gasteiger charge is -2.24. The molecule has 0 spiro atoms. The molecule has 22 heavy (non-hydrogen) atoms. The largest absolute Gasteiger partial charge is 0.275 e. The van der Waals surface area contributed by atoms with E-state index in [1.807, 2.05) is 30.3 Å². The summed E-state index contributed by atoms with van der Waals surface area (Å²) < 4.78 is 4.86. The van der Waals surface area contributed by atoms with E-state index >= 15 is 0 Å². The van der Waals surface area contributed by atoms with Gasteiger partial charge < -0.3 is 0 Å². The van der Waals surface area contributed by atoms with Crippen molar-refractivity contribution < 1.29 is 4.79 Å². The van der Waals surface area contributed by atoms with Gasteiger partial charge in [-0.15, -0.1) is 0 Å². The Bertz CT molecular complexity index is 453. The Balaban J connectivity index is 3.07. The summed E-state index contributed by atoms with van der Waals surface area (Å²) in [6.45, 7) is 6.69. The Labute approximate surface area is 136 Å². The predicted octanol–water partition coefficient (Wildman–Crippen LogP) is 6.43. The number of amides is 1. The molecule has 0 unspecified atom stereocenters. The maximum absolute atomic E-state index is 12.6. The molecule has 2 nitrogen and oxygen atoms in total. The minimum Gasteiger partial charge on any atom is -0.267 e. The molecule has 0 aliphatic heterocycles. The molecule has 1 aromatic carbocycles. The van der Waals surface area contributed by atoms with Gasteiger partial charge >= 0.3 is 0 Å². The van der Waals surface area contributed by atoms with Gasteiger partial charge in [-0.25, -0.2) is 4.74 Å². The second-order valence-corrected chi connectivity index (χ2v) is 9.83. The third kappa shape index (κ3) is 6.48. The van der Waals surface area contributed by atoms with Crippen LogP contribution in [-0.2, 0) is 0 Å². The molecule has 1 rings (SSSR count). The van der Waals surface area contributed by atoms with Crippen molar-refractivity contribution in [3.05, 3.63) is 35.9 Å². The van der Waals surface area contributed by atoms with Crippen molar-refractivity contribution in [2.45, 2.75) is 59.3 Å². The van der Waals surface area contributed by atoms with Crippen LogP contribution in [0.25, 0.3) is 0 Å². The lowest BCUT2D eigenvalue weighted by Crippen LogP contribution is -2.05. The van der Waals surface area contributed by atoms with Crippen LogP contribution in [-0.4, -0.2) is 24.4 Å². The topological polar surface area (TPSA) is 29.4 Å². The van der Waals surface area contributed by atoms with E-state index in [1.165, 1.54) is 38.5 Å². The average Bonchev–Trinajstić information content (AvgIpc) is 2.56. The van der Waals surface area contributed by atoms with Gasteiger partial charge in [0, 0.05) is 5.56 Å². The number of carbonyl (C=O) groups excluding carboxylic acids is 1. The Hall–Kier alpha value is -0.880. The van der Waals surface area contributed by atoms with Crippen molar-refractivity contribution in [2.75, 3.05) is 18.5 Å². The molecule has 124 valence electrons. The molecule has 0 bridgehead atoms. The zero-order valence-electron chi connectivity index (χ0n) is 14.6. The lowest BCUT2D eigenvalue weighted by molar-refractivity contribution is 0.100. The maximum Gasteiger partial charge on any atom is 0.275 e. The molecule has 3 heteroatoms. The standard InChI is InChI=1S/C19H32NOP/c1-4-7-15-22(16-8-5-2,17-9-6-3)20-19(21)18-13-11-10-12-14-18/h10-14H,4-9,15-17H2,1-3H3. The summed E-state index contributed by atoms with van der Waals surface area (Å²) >= 11 is 0. The van der Waals surface area contributed by atoms with Crippen molar-refractivity contribution in [1.82, 2.24) is 0 Å². The zero-order chi connectivity index (χ0) is 16.3. The van der Waals surface area contributed by atoms with Crippen LogP contribution in [0.15, 0.2) is 35.1 Å². The highest BCUT2D eigenvalue weighted by molar-refractivity contribution is 7.66. The van der Waals surface area contributed by atoms with Crippen LogP contribution in [0, 0.1) is 0 Å². The van der Waals surface area contributed by atoms with E-state index in [0.29, 0.717) is 0 Å². The zero-order valence-corrected chi connectivity index (χ0v) is 15.4. The van der Waals surface area contributed by atoms with E-state index in [2.05, 4.69) is 20.8 Å². The van der Waals surface area contributed by atoms with Crippen LogP contribution in [0.4, 0.5) is 0 Å². The molecular weight excluding hydrogens is 289 g/mol. The third-order valence-electron chi connectivity index (χ3n) is 4.11. The minimum atomic E-state index is -1.49. The van der Waals surface area contributed by atoms with E-state index in [4.69, 9.17) is 4.74 Å². The molecular formula is C19H32NOP. The first kappa shape index (κ1) is 19.2. The van der Waals surface area contributed by atoms with Crippen molar-refractivity contribution in [3.63, 3.8) is 0 Å². The first-order valence-electron chi connectivity index (χ1n) is 8.86.